The van der Waals surface area contributed by atoms with Gasteiger partial charge in [0, 0.05) is 23.5 Å². The Morgan fingerprint density at radius 3 is 2.68 bits per heavy atom. The summed E-state index contributed by atoms with van der Waals surface area (Å²) in [5, 5.41) is 7.66. The molecular weight excluding hydrogens is 318 g/mol. The van der Waals surface area contributed by atoms with Crippen molar-refractivity contribution in [3.63, 3.8) is 0 Å². The van der Waals surface area contributed by atoms with Gasteiger partial charge >= 0.3 is 0 Å². The van der Waals surface area contributed by atoms with E-state index >= 15 is 0 Å². The SMILES string of the molecule is COc1ccc(OC)c(C2CC(=O)Nc3c2cnn3C2CCCC2)c1. The van der Waals surface area contributed by atoms with Gasteiger partial charge < -0.3 is 14.8 Å². The van der Waals surface area contributed by atoms with Gasteiger partial charge in [0.1, 0.15) is 17.3 Å². The van der Waals surface area contributed by atoms with Crippen molar-refractivity contribution in [2.24, 2.45) is 0 Å². The zero-order valence-electron chi connectivity index (χ0n) is 14.6. The average molecular weight is 341 g/mol. The molecule has 25 heavy (non-hydrogen) atoms. The monoisotopic (exact) mass is 341 g/mol. The summed E-state index contributed by atoms with van der Waals surface area (Å²) in [6, 6.07) is 6.10. The molecule has 2 aliphatic rings. The molecule has 1 atom stereocenters. The largest absolute Gasteiger partial charge is 0.497 e. The molecule has 0 radical (unpaired) electrons. The van der Waals surface area contributed by atoms with Gasteiger partial charge in [-0.05, 0) is 31.0 Å². The highest BCUT2D eigenvalue weighted by Crippen LogP contribution is 2.43. The van der Waals surface area contributed by atoms with Crippen LogP contribution in [0.25, 0.3) is 0 Å². The molecule has 4 rings (SSSR count). The standard InChI is InChI=1S/C19H23N3O3/c1-24-13-7-8-17(25-2)15(9-13)14-10-18(23)21-19-16(14)11-20-22(19)12-5-3-4-6-12/h7-9,11-12,14H,3-6,10H2,1-2H3,(H,21,23). The van der Waals surface area contributed by atoms with Crippen LogP contribution in [0.5, 0.6) is 11.5 Å². The van der Waals surface area contributed by atoms with Gasteiger partial charge in [0.15, 0.2) is 0 Å². The average Bonchev–Trinajstić information content (AvgIpc) is 3.29. The third kappa shape index (κ3) is 2.75. The first-order chi connectivity index (χ1) is 12.2. The number of hydrogen-bond donors (Lipinski definition) is 1. The Morgan fingerprint density at radius 1 is 1.16 bits per heavy atom. The normalized spacial score (nSPS) is 20.2. The van der Waals surface area contributed by atoms with Gasteiger partial charge in [-0.2, -0.15) is 5.10 Å². The van der Waals surface area contributed by atoms with Crippen molar-refractivity contribution >= 4 is 11.7 Å². The minimum atomic E-state index is -0.0797. The fourth-order valence-electron chi connectivity index (χ4n) is 4.05. The molecule has 1 fully saturated rings. The second-order valence-electron chi connectivity index (χ2n) is 6.74. The number of methoxy groups -OCH3 is 2. The number of carbonyl (C=O) groups excluding carboxylic acids is 1. The first-order valence-corrected chi connectivity index (χ1v) is 8.80. The van der Waals surface area contributed by atoms with Crippen LogP contribution in [-0.2, 0) is 4.79 Å². The van der Waals surface area contributed by atoms with E-state index < -0.39 is 0 Å². The second-order valence-corrected chi connectivity index (χ2v) is 6.74. The van der Waals surface area contributed by atoms with E-state index in [1.807, 2.05) is 29.1 Å². The van der Waals surface area contributed by atoms with Crippen LogP contribution in [-0.4, -0.2) is 29.9 Å². The van der Waals surface area contributed by atoms with Gasteiger partial charge in [-0.1, -0.05) is 12.8 Å². The number of carbonyl (C=O) groups is 1. The summed E-state index contributed by atoms with van der Waals surface area (Å²) < 4.78 is 12.9. The van der Waals surface area contributed by atoms with E-state index in [9.17, 15) is 4.79 Å². The fraction of sp³-hybridized carbons (Fsp3) is 0.474. The number of benzene rings is 1. The molecule has 0 saturated heterocycles. The van der Waals surface area contributed by atoms with E-state index in [1.165, 1.54) is 12.8 Å². The van der Waals surface area contributed by atoms with Crippen LogP contribution < -0.4 is 14.8 Å². The van der Waals surface area contributed by atoms with E-state index in [4.69, 9.17) is 9.47 Å². The van der Waals surface area contributed by atoms with Crippen molar-refractivity contribution in [1.29, 1.82) is 0 Å². The zero-order chi connectivity index (χ0) is 17.4. The van der Waals surface area contributed by atoms with Crippen molar-refractivity contribution in [2.45, 2.75) is 44.1 Å². The Morgan fingerprint density at radius 2 is 1.96 bits per heavy atom. The Labute approximate surface area is 147 Å². The van der Waals surface area contributed by atoms with Crippen LogP contribution in [0.1, 0.15) is 55.2 Å². The van der Waals surface area contributed by atoms with E-state index in [2.05, 4.69) is 10.4 Å². The van der Waals surface area contributed by atoms with Gasteiger partial charge in [0.05, 0.1) is 26.5 Å². The summed E-state index contributed by atoms with van der Waals surface area (Å²) in [4.78, 5) is 12.4. The number of rotatable bonds is 4. The van der Waals surface area contributed by atoms with Gasteiger partial charge in [-0.3, -0.25) is 4.79 Å². The van der Waals surface area contributed by atoms with Crippen LogP contribution in [0, 0.1) is 0 Å². The van der Waals surface area contributed by atoms with E-state index in [-0.39, 0.29) is 11.8 Å². The van der Waals surface area contributed by atoms with E-state index in [0.29, 0.717) is 12.5 Å². The molecule has 1 N–H and O–H groups in total. The number of ether oxygens (including phenoxy) is 2. The van der Waals surface area contributed by atoms with Gasteiger partial charge in [0.2, 0.25) is 5.91 Å². The first-order valence-electron chi connectivity index (χ1n) is 8.80. The molecular formula is C19H23N3O3. The molecule has 1 aliphatic heterocycles. The summed E-state index contributed by atoms with van der Waals surface area (Å²) in [5.74, 6) is 2.30. The van der Waals surface area contributed by atoms with Crippen LogP contribution in [0.15, 0.2) is 24.4 Å². The maximum absolute atomic E-state index is 12.4. The molecule has 1 aliphatic carbocycles. The fourth-order valence-corrected chi connectivity index (χ4v) is 4.05. The number of fused-ring (bicyclic) bond motifs is 1. The third-order valence-corrected chi connectivity index (χ3v) is 5.33. The van der Waals surface area contributed by atoms with Gasteiger partial charge in [-0.25, -0.2) is 4.68 Å². The number of aromatic nitrogens is 2. The predicted octanol–water partition coefficient (Wildman–Crippen LogP) is 3.49. The number of nitrogens with one attached hydrogen (secondary N) is 1. The first kappa shape index (κ1) is 16.0. The molecule has 1 amide bonds. The number of amides is 1. The Kier molecular flexibility index (Phi) is 4.11. The van der Waals surface area contributed by atoms with Crippen molar-refractivity contribution in [3.05, 3.63) is 35.5 Å². The molecule has 0 spiro atoms. The minimum Gasteiger partial charge on any atom is -0.497 e. The molecule has 1 unspecified atom stereocenters. The van der Waals surface area contributed by atoms with Crippen molar-refractivity contribution in [2.75, 3.05) is 19.5 Å². The van der Waals surface area contributed by atoms with Crippen LogP contribution in [0.2, 0.25) is 0 Å². The second kappa shape index (κ2) is 6.43. The molecule has 1 aromatic carbocycles. The van der Waals surface area contributed by atoms with Gasteiger partial charge in [0.25, 0.3) is 0 Å². The maximum atomic E-state index is 12.4. The molecule has 0 bridgehead atoms. The summed E-state index contributed by atoms with van der Waals surface area (Å²) in [7, 11) is 3.29. The summed E-state index contributed by atoms with van der Waals surface area (Å²) >= 11 is 0. The summed E-state index contributed by atoms with van der Waals surface area (Å²) in [6.45, 7) is 0. The van der Waals surface area contributed by atoms with Crippen LogP contribution in [0.3, 0.4) is 0 Å². The molecule has 1 aromatic heterocycles. The lowest BCUT2D eigenvalue weighted by molar-refractivity contribution is -0.116. The highest BCUT2D eigenvalue weighted by atomic mass is 16.5. The van der Waals surface area contributed by atoms with Crippen molar-refractivity contribution in [1.82, 2.24) is 9.78 Å². The summed E-state index contributed by atoms with van der Waals surface area (Å²) in [5.41, 5.74) is 2.02. The van der Waals surface area contributed by atoms with E-state index in [0.717, 1.165) is 41.3 Å². The molecule has 2 aromatic rings. The highest BCUT2D eigenvalue weighted by Gasteiger charge is 2.34. The van der Waals surface area contributed by atoms with Crippen LogP contribution >= 0.6 is 0 Å². The lowest BCUT2D eigenvalue weighted by Gasteiger charge is -2.26. The molecule has 6 nitrogen and oxygen atoms in total. The highest BCUT2D eigenvalue weighted by molar-refractivity contribution is 5.94. The topological polar surface area (TPSA) is 65.4 Å². The molecule has 1 saturated carbocycles. The lowest BCUT2D eigenvalue weighted by Crippen LogP contribution is -2.26. The number of nitrogens with zero attached hydrogens (tertiary/aromatic N) is 2. The van der Waals surface area contributed by atoms with Gasteiger partial charge in [-0.15, -0.1) is 0 Å². The Bertz CT molecular complexity index is 793. The summed E-state index contributed by atoms with van der Waals surface area (Å²) in [6.07, 6.45) is 6.97. The van der Waals surface area contributed by atoms with Crippen molar-refractivity contribution in [3.8, 4) is 11.5 Å². The molecule has 132 valence electrons. The third-order valence-electron chi connectivity index (χ3n) is 5.33. The van der Waals surface area contributed by atoms with E-state index in [1.54, 1.807) is 14.2 Å². The Hall–Kier alpha value is -2.50. The quantitative estimate of drug-likeness (QED) is 0.924. The Balaban J connectivity index is 1.79. The predicted molar refractivity (Wildman–Crippen MR) is 94.4 cm³/mol. The number of anilines is 1. The maximum Gasteiger partial charge on any atom is 0.226 e. The number of hydrogen-bond acceptors (Lipinski definition) is 4. The van der Waals surface area contributed by atoms with Crippen molar-refractivity contribution < 1.29 is 14.3 Å². The molecule has 2 heterocycles. The molecule has 6 heteroatoms. The smallest absolute Gasteiger partial charge is 0.226 e. The minimum absolute atomic E-state index is 0.0159. The lowest BCUT2D eigenvalue weighted by atomic mass is 9.86. The zero-order valence-corrected chi connectivity index (χ0v) is 14.6. The van der Waals surface area contributed by atoms with Crippen LogP contribution in [0.4, 0.5) is 5.82 Å².